The van der Waals surface area contributed by atoms with E-state index < -0.39 is 0 Å². The highest BCUT2D eigenvalue weighted by Gasteiger charge is 2.08. The van der Waals surface area contributed by atoms with E-state index in [9.17, 15) is 0 Å². The van der Waals surface area contributed by atoms with Gasteiger partial charge in [0.2, 0.25) is 0 Å². The van der Waals surface area contributed by atoms with Crippen molar-refractivity contribution in [2.24, 2.45) is 0 Å². The molecule has 1 atom stereocenters. The van der Waals surface area contributed by atoms with Crippen LogP contribution >= 0.6 is 11.6 Å². The van der Waals surface area contributed by atoms with Crippen molar-refractivity contribution in [3.8, 4) is 6.07 Å². The van der Waals surface area contributed by atoms with Gasteiger partial charge >= 0.3 is 0 Å². The minimum Gasteiger partial charge on any atom is -0.198 e. The van der Waals surface area contributed by atoms with Crippen molar-refractivity contribution < 1.29 is 0 Å². The summed E-state index contributed by atoms with van der Waals surface area (Å²) < 4.78 is 0. The minimum atomic E-state index is 0.0206. The second kappa shape index (κ2) is 5.67. The largest absolute Gasteiger partial charge is 0.198 e. The molecule has 0 saturated carbocycles. The van der Waals surface area contributed by atoms with Crippen molar-refractivity contribution >= 4 is 11.6 Å². The van der Waals surface area contributed by atoms with Crippen molar-refractivity contribution in [2.75, 3.05) is 0 Å². The SMILES string of the molecule is CCCC[C@@H](C#N)c1ccc(Cl)cc1. The van der Waals surface area contributed by atoms with Crippen LogP contribution in [0.15, 0.2) is 24.3 Å². The first-order valence-corrected chi connectivity index (χ1v) is 5.30. The molecule has 0 radical (unpaired) electrons. The summed E-state index contributed by atoms with van der Waals surface area (Å²) >= 11 is 5.78. The predicted molar refractivity (Wildman–Crippen MR) is 59.3 cm³/mol. The summed E-state index contributed by atoms with van der Waals surface area (Å²) in [6.45, 7) is 2.14. The van der Waals surface area contributed by atoms with Crippen LogP contribution in [0.2, 0.25) is 5.02 Å². The van der Waals surface area contributed by atoms with Gasteiger partial charge in [0, 0.05) is 5.02 Å². The Labute approximate surface area is 90.3 Å². The second-order valence-corrected chi connectivity index (χ2v) is 3.81. The summed E-state index contributed by atoms with van der Waals surface area (Å²) in [5, 5.41) is 9.72. The first kappa shape index (κ1) is 11.1. The fourth-order valence-electron chi connectivity index (χ4n) is 1.41. The molecule has 1 aromatic carbocycles. The standard InChI is InChI=1S/C12H14ClN/c1-2-3-4-11(9-14)10-5-7-12(13)8-6-10/h5-8,11H,2-4H2,1H3/t11-/m0/s1. The third kappa shape index (κ3) is 3.05. The number of halogens is 1. The van der Waals surface area contributed by atoms with Gasteiger partial charge in [-0.1, -0.05) is 43.5 Å². The minimum absolute atomic E-state index is 0.0206. The molecule has 0 aliphatic heterocycles. The van der Waals surface area contributed by atoms with Gasteiger partial charge < -0.3 is 0 Å². The van der Waals surface area contributed by atoms with Gasteiger partial charge in [0.15, 0.2) is 0 Å². The molecule has 0 bridgehead atoms. The molecule has 0 unspecified atom stereocenters. The molecule has 0 heterocycles. The molecule has 1 rings (SSSR count). The summed E-state index contributed by atoms with van der Waals surface area (Å²) in [6.07, 6.45) is 3.17. The van der Waals surface area contributed by atoms with E-state index in [0.29, 0.717) is 0 Å². The molecule has 0 aliphatic carbocycles. The molecule has 0 aromatic heterocycles. The van der Waals surface area contributed by atoms with E-state index in [1.54, 1.807) is 0 Å². The fourth-order valence-corrected chi connectivity index (χ4v) is 1.54. The Hall–Kier alpha value is -1.00. The summed E-state index contributed by atoms with van der Waals surface area (Å²) in [5.74, 6) is 0.0206. The van der Waals surface area contributed by atoms with Crippen molar-refractivity contribution in [1.29, 1.82) is 5.26 Å². The zero-order chi connectivity index (χ0) is 10.4. The van der Waals surface area contributed by atoms with Crippen LogP contribution in [0.5, 0.6) is 0 Å². The molecule has 14 heavy (non-hydrogen) atoms. The van der Waals surface area contributed by atoms with Gasteiger partial charge in [-0.05, 0) is 24.1 Å². The van der Waals surface area contributed by atoms with Crippen LogP contribution in [0.4, 0.5) is 0 Å². The third-order valence-corrected chi connectivity index (χ3v) is 2.53. The van der Waals surface area contributed by atoms with Gasteiger partial charge in [-0.2, -0.15) is 5.26 Å². The molecule has 1 nitrogen and oxygen atoms in total. The van der Waals surface area contributed by atoms with E-state index in [1.165, 1.54) is 0 Å². The highest BCUT2D eigenvalue weighted by atomic mass is 35.5. The Morgan fingerprint density at radius 3 is 2.50 bits per heavy atom. The Balaban J connectivity index is 2.70. The fraction of sp³-hybridized carbons (Fsp3) is 0.417. The maximum Gasteiger partial charge on any atom is 0.0712 e. The highest BCUT2D eigenvalue weighted by molar-refractivity contribution is 6.30. The Kier molecular flexibility index (Phi) is 4.49. The van der Waals surface area contributed by atoms with Crippen LogP contribution in [0.25, 0.3) is 0 Å². The predicted octanol–water partition coefficient (Wildman–Crippen LogP) is 4.14. The normalized spacial score (nSPS) is 12.1. The molecule has 0 spiro atoms. The average molecular weight is 208 g/mol. The zero-order valence-corrected chi connectivity index (χ0v) is 9.09. The van der Waals surface area contributed by atoms with Crippen LogP contribution in [-0.2, 0) is 0 Å². The van der Waals surface area contributed by atoms with E-state index in [1.807, 2.05) is 24.3 Å². The highest BCUT2D eigenvalue weighted by Crippen LogP contribution is 2.22. The van der Waals surface area contributed by atoms with Crippen LogP contribution in [0, 0.1) is 11.3 Å². The number of unbranched alkanes of at least 4 members (excludes halogenated alkanes) is 1. The lowest BCUT2D eigenvalue weighted by atomic mass is 9.95. The lowest BCUT2D eigenvalue weighted by molar-refractivity contribution is 0.671. The van der Waals surface area contributed by atoms with Gasteiger partial charge in [0.1, 0.15) is 0 Å². The Morgan fingerprint density at radius 2 is 2.00 bits per heavy atom. The molecule has 0 saturated heterocycles. The van der Waals surface area contributed by atoms with Crippen molar-refractivity contribution in [3.63, 3.8) is 0 Å². The van der Waals surface area contributed by atoms with E-state index in [-0.39, 0.29) is 5.92 Å². The van der Waals surface area contributed by atoms with Gasteiger partial charge in [-0.15, -0.1) is 0 Å². The Bertz CT molecular complexity index is 310. The molecule has 0 amide bonds. The molecule has 0 fully saturated rings. The molecule has 0 N–H and O–H groups in total. The Morgan fingerprint density at radius 1 is 1.36 bits per heavy atom. The number of nitriles is 1. The topological polar surface area (TPSA) is 23.8 Å². The molecular weight excluding hydrogens is 194 g/mol. The maximum atomic E-state index is 8.99. The number of hydrogen-bond acceptors (Lipinski definition) is 1. The van der Waals surface area contributed by atoms with Crippen molar-refractivity contribution in [2.45, 2.75) is 32.1 Å². The number of benzene rings is 1. The quantitative estimate of drug-likeness (QED) is 0.728. The van der Waals surface area contributed by atoms with Gasteiger partial charge in [0.25, 0.3) is 0 Å². The zero-order valence-electron chi connectivity index (χ0n) is 8.33. The van der Waals surface area contributed by atoms with E-state index >= 15 is 0 Å². The molecular formula is C12H14ClN. The van der Waals surface area contributed by atoms with Gasteiger partial charge in [-0.25, -0.2) is 0 Å². The molecule has 0 aliphatic rings. The second-order valence-electron chi connectivity index (χ2n) is 3.38. The number of rotatable bonds is 4. The van der Waals surface area contributed by atoms with Gasteiger partial charge in [-0.3, -0.25) is 0 Å². The smallest absolute Gasteiger partial charge is 0.0712 e. The summed E-state index contributed by atoms with van der Waals surface area (Å²) in [4.78, 5) is 0. The number of hydrogen-bond donors (Lipinski definition) is 0. The van der Waals surface area contributed by atoms with Crippen LogP contribution in [0.1, 0.15) is 37.7 Å². The van der Waals surface area contributed by atoms with Crippen LogP contribution in [-0.4, -0.2) is 0 Å². The van der Waals surface area contributed by atoms with Crippen molar-refractivity contribution in [3.05, 3.63) is 34.9 Å². The molecule has 2 heteroatoms. The number of nitrogens with zero attached hydrogens (tertiary/aromatic N) is 1. The first-order valence-electron chi connectivity index (χ1n) is 4.93. The summed E-state index contributed by atoms with van der Waals surface area (Å²) in [5.41, 5.74) is 1.07. The van der Waals surface area contributed by atoms with Gasteiger partial charge in [0.05, 0.1) is 12.0 Å². The first-order chi connectivity index (χ1) is 6.77. The van der Waals surface area contributed by atoms with E-state index in [2.05, 4.69) is 13.0 Å². The molecule has 74 valence electrons. The lowest BCUT2D eigenvalue weighted by Crippen LogP contribution is -1.95. The maximum absolute atomic E-state index is 8.99. The lowest BCUT2D eigenvalue weighted by Gasteiger charge is -2.08. The van der Waals surface area contributed by atoms with Crippen LogP contribution in [0.3, 0.4) is 0 Å². The average Bonchev–Trinajstić information content (AvgIpc) is 2.21. The molecule has 1 aromatic rings. The summed E-state index contributed by atoms with van der Waals surface area (Å²) in [7, 11) is 0. The summed E-state index contributed by atoms with van der Waals surface area (Å²) in [6, 6.07) is 9.88. The monoisotopic (exact) mass is 207 g/mol. The van der Waals surface area contributed by atoms with E-state index in [4.69, 9.17) is 16.9 Å². The van der Waals surface area contributed by atoms with Crippen molar-refractivity contribution in [1.82, 2.24) is 0 Å². The third-order valence-electron chi connectivity index (χ3n) is 2.27. The van der Waals surface area contributed by atoms with Crippen LogP contribution < -0.4 is 0 Å². The van der Waals surface area contributed by atoms with E-state index in [0.717, 1.165) is 29.8 Å².